The van der Waals surface area contributed by atoms with Gasteiger partial charge >= 0.3 is 6.18 Å². The van der Waals surface area contributed by atoms with Crippen molar-refractivity contribution in [1.82, 2.24) is 9.47 Å². The van der Waals surface area contributed by atoms with E-state index in [0.29, 0.717) is 35.6 Å². The van der Waals surface area contributed by atoms with E-state index in [9.17, 15) is 18.0 Å². The molecular weight excluding hydrogens is 531 g/mol. The summed E-state index contributed by atoms with van der Waals surface area (Å²) in [6.45, 7) is 0.610. The standard InChI is InChI=1S/C28H25BrF3N3O/c1-34(2)17-16-27(36)33-22-7-5-6-20(18-22)25-15-14-24(19-10-12-21(29)13-11-19)35(25)26-9-4-3-8-23(26)28(30,31)32/h3-15,18H,16-17H2,1-2H3,(H,33,36). The van der Waals surface area contributed by atoms with Crippen molar-refractivity contribution in [3.8, 4) is 28.2 Å². The maximum atomic E-state index is 14.0. The number of carbonyl (C=O) groups excluding carboxylic acids is 1. The van der Waals surface area contributed by atoms with E-state index in [1.807, 2.05) is 55.4 Å². The van der Waals surface area contributed by atoms with Crippen molar-refractivity contribution in [1.29, 1.82) is 0 Å². The molecule has 0 fully saturated rings. The average molecular weight is 556 g/mol. The Hall–Kier alpha value is -3.36. The third kappa shape index (κ3) is 5.88. The van der Waals surface area contributed by atoms with E-state index >= 15 is 0 Å². The van der Waals surface area contributed by atoms with Crippen LogP contribution in [0.1, 0.15) is 12.0 Å². The smallest absolute Gasteiger partial charge is 0.326 e. The number of alkyl halides is 3. The van der Waals surface area contributed by atoms with Gasteiger partial charge in [-0.15, -0.1) is 0 Å². The lowest BCUT2D eigenvalue weighted by Gasteiger charge is -2.19. The van der Waals surface area contributed by atoms with Crippen LogP contribution in [0.3, 0.4) is 0 Å². The highest BCUT2D eigenvalue weighted by atomic mass is 79.9. The van der Waals surface area contributed by atoms with Crippen molar-refractivity contribution in [2.24, 2.45) is 0 Å². The summed E-state index contributed by atoms with van der Waals surface area (Å²) in [5.41, 5.74) is 2.54. The van der Waals surface area contributed by atoms with Crippen molar-refractivity contribution >= 4 is 27.5 Å². The summed E-state index contributed by atoms with van der Waals surface area (Å²) in [6.07, 6.45) is -4.20. The molecule has 0 spiro atoms. The summed E-state index contributed by atoms with van der Waals surface area (Å²) in [4.78, 5) is 14.3. The molecule has 0 aliphatic rings. The van der Waals surface area contributed by atoms with E-state index in [4.69, 9.17) is 0 Å². The number of carbonyl (C=O) groups is 1. The van der Waals surface area contributed by atoms with Crippen molar-refractivity contribution < 1.29 is 18.0 Å². The Kier molecular flexibility index (Phi) is 7.66. The first-order valence-electron chi connectivity index (χ1n) is 11.3. The zero-order valence-corrected chi connectivity index (χ0v) is 21.4. The SMILES string of the molecule is CN(C)CCC(=O)Nc1cccc(-c2ccc(-c3ccc(Br)cc3)n2-c2ccccc2C(F)(F)F)c1. The number of amides is 1. The molecule has 8 heteroatoms. The van der Waals surface area contributed by atoms with Crippen LogP contribution in [-0.4, -0.2) is 36.0 Å². The molecule has 186 valence electrons. The topological polar surface area (TPSA) is 37.3 Å². The van der Waals surface area contributed by atoms with Gasteiger partial charge in [0.2, 0.25) is 5.91 Å². The zero-order valence-electron chi connectivity index (χ0n) is 19.8. The molecule has 0 saturated carbocycles. The number of nitrogens with one attached hydrogen (secondary N) is 1. The zero-order chi connectivity index (χ0) is 25.9. The van der Waals surface area contributed by atoms with Crippen LogP contribution < -0.4 is 5.32 Å². The van der Waals surface area contributed by atoms with E-state index in [2.05, 4.69) is 21.2 Å². The lowest BCUT2D eigenvalue weighted by atomic mass is 10.1. The lowest BCUT2D eigenvalue weighted by molar-refractivity contribution is -0.137. The van der Waals surface area contributed by atoms with Gasteiger partial charge in [-0.3, -0.25) is 4.79 Å². The molecule has 0 saturated heterocycles. The summed E-state index contributed by atoms with van der Waals surface area (Å²) < 4.78 is 44.6. The van der Waals surface area contributed by atoms with Crippen LogP contribution in [0.15, 0.2) is 89.4 Å². The Morgan fingerprint density at radius 3 is 2.22 bits per heavy atom. The first kappa shape index (κ1) is 25.7. The first-order valence-corrected chi connectivity index (χ1v) is 12.1. The van der Waals surface area contributed by atoms with Gasteiger partial charge in [-0.25, -0.2) is 0 Å². The number of nitrogens with zero attached hydrogens (tertiary/aromatic N) is 2. The highest BCUT2D eigenvalue weighted by Crippen LogP contribution is 2.39. The number of hydrogen-bond donors (Lipinski definition) is 1. The fraction of sp³-hybridized carbons (Fsp3) is 0.179. The van der Waals surface area contributed by atoms with Crippen LogP contribution in [0.4, 0.5) is 18.9 Å². The van der Waals surface area contributed by atoms with Crippen LogP contribution in [0.2, 0.25) is 0 Å². The number of rotatable bonds is 7. The second kappa shape index (κ2) is 10.7. The van der Waals surface area contributed by atoms with Crippen LogP contribution in [0, 0.1) is 0 Å². The van der Waals surface area contributed by atoms with Gasteiger partial charge in [0.25, 0.3) is 0 Å². The highest BCUT2D eigenvalue weighted by molar-refractivity contribution is 9.10. The summed E-state index contributed by atoms with van der Waals surface area (Å²) in [5.74, 6) is -0.130. The molecule has 1 N–H and O–H groups in total. The largest absolute Gasteiger partial charge is 0.418 e. The van der Waals surface area contributed by atoms with Gasteiger partial charge in [0.1, 0.15) is 0 Å². The number of hydrogen-bond acceptors (Lipinski definition) is 2. The molecule has 4 aromatic rings. The Balaban J connectivity index is 1.83. The van der Waals surface area contributed by atoms with E-state index in [1.165, 1.54) is 12.1 Å². The quantitative estimate of drug-likeness (QED) is 0.256. The Bertz CT molecular complexity index is 1360. The van der Waals surface area contributed by atoms with Crippen molar-refractivity contribution in [2.45, 2.75) is 12.6 Å². The molecule has 1 heterocycles. The summed E-state index contributed by atoms with van der Waals surface area (Å²) in [6, 6.07) is 23.7. The van der Waals surface area contributed by atoms with Crippen LogP contribution in [0.25, 0.3) is 28.2 Å². The van der Waals surface area contributed by atoms with E-state index in [-0.39, 0.29) is 11.6 Å². The second-order valence-electron chi connectivity index (χ2n) is 8.64. The molecule has 36 heavy (non-hydrogen) atoms. The fourth-order valence-corrected chi connectivity index (χ4v) is 4.25. The molecule has 0 unspecified atom stereocenters. The molecule has 4 nitrogen and oxygen atoms in total. The predicted octanol–water partition coefficient (Wildman–Crippen LogP) is 7.48. The third-order valence-electron chi connectivity index (χ3n) is 5.70. The van der Waals surface area contributed by atoms with Gasteiger partial charge in [0.05, 0.1) is 22.6 Å². The lowest BCUT2D eigenvalue weighted by Crippen LogP contribution is -2.20. The van der Waals surface area contributed by atoms with E-state index in [1.54, 1.807) is 34.9 Å². The number of benzene rings is 3. The molecule has 3 aromatic carbocycles. The van der Waals surface area contributed by atoms with Gasteiger partial charge in [-0.2, -0.15) is 13.2 Å². The molecular formula is C28H25BrF3N3O. The minimum absolute atomic E-state index is 0.0309. The Morgan fingerprint density at radius 2 is 1.56 bits per heavy atom. The van der Waals surface area contributed by atoms with Gasteiger partial charge < -0.3 is 14.8 Å². The predicted molar refractivity (Wildman–Crippen MR) is 141 cm³/mol. The molecule has 0 atom stereocenters. The van der Waals surface area contributed by atoms with Crippen molar-refractivity contribution in [3.05, 3.63) is 95.0 Å². The van der Waals surface area contributed by atoms with Crippen molar-refractivity contribution in [3.63, 3.8) is 0 Å². The summed E-state index contributed by atoms with van der Waals surface area (Å²) in [5, 5.41) is 2.89. The maximum Gasteiger partial charge on any atom is 0.418 e. The first-order chi connectivity index (χ1) is 17.1. The second-order valence-corrected chi connectivity index (χ2v) is 9.56. The van der Waals surface area contributed by atoms with Crippen LogP contribution in [-0.2, 0) is 11.0 Å². The number of anilines is 1. The normalized spacial score (nSPS) is 11.6. The third-order valence-corrected chi connectivity index (χ3v) is 6.23. The minimum Gasteiger partial charge on any atom is -0.326 e. The summed E-state index contributed by atoms with van der Waals surface area (Å²) >= 11 is 3.41. The molecule has 0 radical (unpaired) electrons. The van der Waals surface area contributed by atoms with Crippen molar-refractivity contribution in [2.75, 3.05) is 26.0 Å². The monoisotopic (exact) mass is 555 g/mol. The maximum absolute atomic E-state index is 14.0. The van der Waals surface area contributed by atoms with E-state index < -0.39 is 11.7 Å². The van der Waals surface area contributed by atoms with Crippen LogP contribution >= 0.6 is 15.9 Å². The van der Waals surface area contributed by atoms with E-state index in [0.717, 1.165) is 16.1 Å². The average Bonchev–Trinajstić information content (AvgIpc) is 3.28. The molecule has 0 aliphatic carbocycles. The molecule has 0 aliphatic heterocycles. The Morgan fingerprint density at radius 1 is 0.889 bits per heavy atom. The van der Waals surface area contributed by atoms with Crippen LogP contribution in [0.5, 0.6) is 0 Å². The Labute approximate surface area is 216 Å². The molecule has 1 aromatic heterocycles. The highest BCUT2D eigenvalue weighted by Gasteiger charge is 2.34. The fourth-order valence-electron chi connectivity index (χ4n) is 3.98. The number of aromatic nitrogens is 1. The van der Waals surface area contributed by atoms with Gasteiger partial charge in [-0.05, 0) is 68.2 Å². The summed E-state index contributed by atoms with van der Waals surface area (Å²) in [7, 11) is 3.79. The number of halogens is 4. The number of para-hydroxylation sites is 1. The van der Waals surface area contributed by atoms with Gasteiger partial charge in [0.15, 0.2) is 0 Å². The van der Waals surface area contributed by atoms with Gasteiger partial charge in [-0.1, -0.05) is 52.3 Å². The molecule has 1 amide bonds. The molecule has 4 rings (SSSR count). The van der Waals surface area contributed by atoms with Gasteiger partial charge in [0, 0.05) is 28.7 Å². The molecule has 0 bridgehead atoms. The minimum atomic E-state index is -4.53.